The number of nitrogens with zero attached hydrogens (tertiary/aromatic N) is 4. The van der Waals surface area contributed by atoms with Crippen LogP contribution in [0.2, 0.25) is 0 Å². The van der Waals surface area contributed by atoms with Gasteiger partial charge in [0, 0.05) is 51.1 Å². The molecule has 35 heavy (non-hydrogen) atoms. The first-order chi connectivity index (χ1) is 16.9. The van der Waals surface area contributed by atoms with Gasteiger partial charge in [0.25, 0.3) is 11.5 Å². The predicted octanol–water partition coefficient (Wildman–Crippen LogP) is 2.22. The number of amides is 1. The molecule has 3 heterocycles. The molecule has 4 rings (SSSR count). The minimum Gasteiger partial charge on any atom is -0.492 e. The molecule has 1 amide bonds. The lowest BCUT2D eigenvalue weighted by atomic mass is 10.1. The van der Waals surface area contributed by atoms with Crippen molar-refractivity contribution < 1.29 is 23.5 Å². The first kappa shape index (κ1) is 24.2. The molecule has 0 saturated carbocycles. The molecule has 2 aromatic heterocycles. The van der Waals surface area contributed by atoms with Crippen molar-refractivity contribution in [1.82, 2.24) is 19.2 Å². The molecule has 0 saturated heterocycles. The van der Waals surface area contributed by atoms with E-state index in [-0.39, 0.29) is 48.5 Å². The van der Waals surface area contributed by atoms with Crippen molar-refractivity contribution >= 4 is 11.9 Å². The van der Waals surface area contributed by atoms with Crippen LogP contribution < -0.4 is 10.3 Å². The number of benzene rings is 1. The van der Waals surface area contributed by atoms with Crippen LogP contribution in [0.5, 0.6) is 5.75 Å². The third-order valence-electron chi connectivity index (χ3n) is 6.00. The molecule has 0 unspecified atom stereocenters. The summed E-state index contributed by atoms with van der Waals surface area (Å²) in [6.45, 7) is 0.867. The second-order valence-electron chi connectivity index (χ2n) is 8.31. The number of methoxy groups -OCH3 is 1. The van der Waals surface area contributed by atoms with Gasteiger partial charge in [-0.2, -0.15) is 5.10 Å². The molecule has 10 heteroatoms. The van der Waals surface area contributed by atoms with Crippen LogP contribution in [0.4, 0.5) is 4.39 Å². The van der Waals surface area contributed by atoms with Crippen molar-refractivity contribution in [3.05, 3.63) is 81.3 Å². The third-order valence-corrected chi connectivity index (χ3v) is 6.00. The predicted molar refractivity (Wildman–Crippen MR) is 125 cm³/mol. The topological polar surface area (TPSA) is 95.7 Å². The first-order valence-electron chi connectivity index (χ1n) is 11.4. The van der Waals surface area contributed by atoms with Crippen LogP contribution in [0.15, 0.2) is 47.5 Å². The van der Waals surface area contributed by atoms with Crippen LogP contribution in [0, 0.1) is 5.82 Å². The van der Waals surface area contributed by atoms with E-state index in [1.54, 1.807) is 16.9 Å². The number of fused-ring (bicyclic) bond motifs is 1. The smallest absolute Gasteiger partial charge is 0.343 e. The van der Waals surface area contributed by atoms with Crippen LogP contribution in [-0.2, 0) is 31.2 Å². The monoisotopic (exact) mass is 482 g/mol. The minimum absolute atomic E-state index is 0.0309. The summed E-state index contributed by atoms with van der Waals surface area (Å²) in [5, 5.41) is 4.13. The number of rotatable bonds is 7. The summed E-state index contributed by atoms with van der Waals surface area (Å²) in [6, 6.07) is 7.07. The van der Waals surface area contributed by atoms with E-state index in [0.29, 0.717) is 18.7 Å². The fourth-order valence-electron chi connectivity index (χ4n) is 4.25. The van der Waals surface area contributed by atoms with E-state index in [4.69, 9.17) is 9.47 Å². The molecule has 0 N–H and O–H groups in total. The van der Waals surface area contributed by atoms with Crippen molar-refractivity contribution in [2.75, 3.05) is 26.8 Å². The second kappa shape index (κ2) is 10.5. The Balaban J connectivity index is 1.55. The van der Waals surface area contributed by atoms with Crippen LogP contribution in [0.3, 0.4) is 0 Å². The van der Waals surface area contributed by atoms with Crippen molar-refractivity contribution in [3.8, 4) is 5.75 Å². The van der Waals surface area contributed by atoms with Crippen molar-refractivity contribution in [2.45, 2.75) is 25.8 Å². The van der Waals surface area contributed by atoms with Gasteiger partial charge in [-0.05, 0) is 30.5 Å². The van der Waals surface area contributed by atoms with E-state index in [1.807, 2.05) is 13.2 Å². The highest BCUT2D eigenvalue weighted by Gasteiger charge is 2.28. The first-order valence-corrected chi connectivity index (χ1v) is 11.4. The lowest BCUT2D eigenvalue weighted by Gasteiger charge is -2.20. The summed E-state index contributed by atoms with van der Waals surface area (Å²) in [5.74, 6) is -1.53. The normalized spacial score (nSPS) is 13.2. The summed E-state index contributed by atoms with van der Waals surface area (Å²) >= 11 is 0. The van der Waals surface area contributed by atoms with E-state index in [0.717, 1.165) is 12.0 Å². The van der Waals surface area contributed by atoms with Gasteiger partial charge < -0.3 is 18.9 Å². The van der Waals surface area contributed by atoms with Crippen LogP contribution in [-0.4, -0.2) is 57.9 Å². The zero-order valence-electron chi connectivity index (χ0n) is 19.7. The number of aromatic nitrogens is 3. The number of carbonyl (C=O) groups excluding carboxylic acids is 2. The number of pyridine rings is 1. The average Bonchev–Trinajstić information content (AvgIpc) is 3.13. The molecule has 0 bridgehead atoms. The van der Waals surface area contributed by atoms with Crippen LogP contribution >= 0.6 is 0 Å². The molecule has 1 aromatic carbocycles. The second-order valence-corrected chi connectivity index (χ2v) is 8.31. The Kier molecular flexibility index (Phi) is 7.28. The molecule has 1 aliphatic heterocycles. The molecule has 0 radical (unpaired) electrons. The van der Waals surface area contributed by atoms with Gasteiger partial charge in [-0.15, -0.1) is 0 Å². The number of hydrogen-bond donors (Lipinski definition) is 0. The lowest BCUT2D eigenvalue weighted by Crippen LogP contribution is -2.34. The molecule has 0 aliphatic carbocycles. The van der Waals surface area contributed by atoms with Crippen LogP contribution in [0.25, 0.3) is 0 Å². The maximum atomic E-state index is 14.2. The quantitative estimate of drug-likeness (QED) is 0.379. The number of hydrogen-bond acceptors (Lipinski definition) is 6. The molecule has 0 spiro atoms. The Morgan fingerprint density at radius 1 is 1.17 bits per heavy atom. The van der Waals surface area contributed by atoms with Gasteiger partial charge in [0.15, 0.2) is 0 Å². The van der Waals surface area contributed by atoms with Crippen molar-refractivity contribution in [2.24, 2.45) is 7.05 Å². The standard InChI is InChI=1S/C25H27FN4O5/c1-28-16-17(15-27-28)6-5-13-35-21-14-22(31)30-12-11-29(10-9-20(30)23(21)25(33)34-2)24(32)18-7-3-4-8-19(18)26/h3-4,7-8,14-16H,5-6,9-13H2,1-2H3. The van der Waals surface area contributed by atoms with E-state index in [1.165, 1.54) is 40.8 Å². The Morgan fingerprint density at radius 2 is 1.97 bits per heavy atom. The Labute approximate surface area is 201 Å². The summed E-state index contributed by atoms with van der Waals surface area (Å²) in [5.41, 5.74) is 1.31. The maximum Gasteiger partial charge on any atom is 0.343 e. The van der Waals surface area contributed by atoms with E-state index < -0.39 is 17.7 Å². The van der Waals surface area contributed by atoms with Gasteiger partial charge in [0.05, 0.1) is 25.5 Å². The highest BCUT2D eigenvalue weighted by molar-refractivity contribution is 5.95. The molecular weight excluding hydrogens is 455 g/mol. The highest BCUT2D eigenvalue weighted by atomic mass is 19.1. The number of esters is 1. The number of aryl methyl sites for hydroxylation is 2. The van der Waals surface area contributed by atoms with Gasteiger partial charge >= 0.3 is 5.97 Å². The summed E-state index contributed by atoms with van der Waals surface area (Å²) in [7, 11) is 3.11. The molecule has 184 valence electrons. The molecular formula is C25H27FN4O5. The number of ether oxygens (including phenoxy) is 2. The van der Waals surface area contributed by atoms with Gasteiger partial charge in [0.1, 0.15) is 17.1 Å². The van der Waals surface area contributed by atoms with Crippen molar-refractivity contribution in [3.63, 3.8) is 0 Å². The molecule has 0 atom stereocenters. The van der Waals surface area contributed by atoms with Gasteiger partial charge in [0.2, 0.25) is 0 Å². The van der Waals surface area contributed by atoms with E-state index >= 15 is 0 Å². The van der Waals surface area contributed by atoms with Gasteiger partial charge in [-0.1, -0.05) is 12.1 Å². The van der Waals surface area contributed by atoms with E-state index in [9.17, 15) is 18.8 Å². The fraction of sp³-hybridized carbons (Fsp3) is 0.360. The Hall–Kier alpha value is -3.95. The minimum atomic E-state index is -0.620. The SMILES string of the molecule is COC(=O)c1c(OCCCc2cnn(C)c2)cc(=O)n2c1CCN(C(=O)c1ccccc1F)CC2. The maximum absolute atomic E-state index is 14.2. The molecule has 9 nitrogen and oxygen atoms in total. The molecule has 3 aromatic rings. The number of halogens is 1. The Bertz CT molecular complexity index is 1300. The zero-order valence-corrected chi connectivity index (χ0v) is 19.7. The summed E-state index contributed by atoms with van der Waals surface area (Å²) in [4.78, 5) is 40.0. The summed E-state index contributed by atoms with van der Waals surface area (Å²) < 4.78 is 28.2. The van der Waals surface area contributed by atoms with Crippen LogP contribution in [0.1, 0.15) is 38.4 Å². The fourth-order valence-corrected chi connectivity index (χ4v) is 4.25. The highest BCUT2D eigenvalue weighted by Crippen LogP contribution is 2.25. The Morgan fingerprint density at radius 3 is 2.69 bits per heavy atom. The summed E-state index contributed by atoms with van der Waals surface area (Å²) in [6.07, 6.45) is 5.31. The van der Waals surface area contributed by atoms with Gasteiger partial charge in [-0.3, -0.25) is 14.3 Å². The third kappa shape index (κ3) is 5.26. The zero-order chi connectivity index (χ0) is 24.9. The molecule has 1 aliphatic rings. The molecule has 0 fully saturated rings. The van der Waals surface area contributed by atoms with Crippen molar-refractivity contribution in [1.29, 1.82) is 0 Å². The van der Waals surface area contributed by atoms with Gasteiger partial charge in [-0.25, -0.2) is 9.18 Å². The number of carbonyl (C=O) groups is 2. The van der Waals surface area contributed by atoms with E-state index in [2.05, 4.69) is 5.10 Å². The lowest BCUT2D eigenvalue weighted by molar-refractivity contribution is 0.0593. The largest absolute Gasteiger partial charge is 0.492 e. The average molecular weight is 483 g/mol.